The second-order valence-electron chi connectivity index (χ2n) is 15.3. The molecule has 5 atom stereocenters. The average molecular weight is 680 g/mol. The smallest absolute Gasteiger partial charge is 0.264 e. The Hall–Kier alpha value is -2.79. The topological polar surface area (TPSA) is 111 Å². The van der Waals surface area contributed by atoms with Gasteiger partial charge in [0.1, 0.15) is 0 Å². The minimum atomic E-state index is -2.98. The summed E-state index contributed by atoms with van der Waals surface area (Å²) in [6.07, 6.45) is 11.6. The molecule has 3 amide bonds. The van der Waals surface area contributed by atoms with Crippen molar-refractivity contribution in [2.45, 2.75) is 128 Å². The molecule has 0 radical (unpaired) electrons. The van der Waals surface area contributed by atoms with E-state index in [-0.39, 0.29) is 42.3 Å². The van der Waals surface area contributed by atoms with Crippen molar-refractivity contribution in [3.05, 3.63) is 47.1 Å². The van der Waals surface area contributed by atoms with Gasteiger partial charge in [0.05, 0.1) is 30.9 Å². The Morgan fingerprint density at radius 1 is 1.06 bits per heavy atom. The molecule has 1 aromatic rings. The molecule has 4 aliphatic heterocycles. The lowest BCUT2D eigenvalue weighted by Gasteiger charge is -2.33. The summed E-state index contributed by atoms with van der Waals surface area (Å²) in [6, 6.07) is 5.67. The third-order valence-electron chi connectivity index (χ3n) is 11.1. The molecule has 9 nitrogen and oxygen atoms in total. The van der Waals surface area contributed by atoms with E-state index in [1.807, 2.05) is 43.1 Å². The maximum atomic E-state index is 14.9. The first kappa shape index (κ1) is 36.5. The summed E-state index contributed by atoms with van der Waals surface area (Å²) in [5.41, 5.74) is 2.93. The van der Waals surface area contributed by atoms with Crippen molar-refractivity contribution >= 4 is 37.4 Å². The van der Waals surface area contributed by atoms with Gasteiger partial charge in [-0.3, -0.25) is 14.4 Å². The summed E-state index contributed by atoms with van der Waals surface area (Å²) >= 11 is 0. The van der Waals surface area contributed by atoms with Crippen LogP contribution in [0.15, 0.2) is 41.5 Å². The molecule has 0 aliphatic carbocycles. The lowest BCUT2D eigenvalue weighted by molar-refractivity contribution is -0.149. The van der Waals surface area contributed by atoms with Crippen molar-refractivity contribution in [2.24, 2.45) is 5.92 Å². The van der Waals surface area contributed by atoms with Crippen molar-refractivity contribution in [1.82, 2.24) is 4.90 Å². The number of carbonyl (C=O) groups excluding carboxylic acids is 3. The number of anilines is 2. The molecule has 5 rings (SSSR count). The zero-order chi connectivity index (χ0) is 34.8. The predicted molar refractivity (Wildman–Crippen MR) is 192 cm³/mol. The third-order valence-corrected chi connectivity index (χ3v) is 13.6. The molecule has 4 aliphatic rings. The van der Waals surface area contributed by atoms with Crippen LogP contribution in [0.2, 0.25) is 18.6 Å². The number of carbonyl (C=O) groups is 3. The number of aliphatic hydroxyl groups excluding tert-OH is 1. The van der Waals surface area contributed by atoms with Crippen LogP contribution >= 0.6 is 0 Å². The van der Waals surface area contributed by atoms with Crippen molar-refractivity contribution in [2.75, 3.05) is 36.0 Å². The van der Waals surface area contributed by atoms with E-state index < -0.39 is 25.9 Å². The highest BCUT2D eigenvalue weighted by atomic mass is 28.4. The van der Waals surface area contributed by atoms with Gasteiger partial charge in [-0.1, -0.05) is 43.1 Å². The molecule has 1 aromatic carbocycles. The number of aliphatic hydroxyl groups is 1. The number of hydrogen-bond acceptors (Lipinski definition) is 6. The van der Waals surface area contributed by atoms with E-state index in [4.69, 9.17) is 4.74 Å². The SMILES string of the molecule is CC(C)=CCC/C(C)=C/CN1C(=O)[C@@]2(O[C@@H](CC(=O)N3CCC[C@H]3CO)[C@H]([Si](C)(C)O)[C@H]2C)c2cc(N3CCCCCCC3=O)ccc21. The third kappa shape index (κ3) is 7.23. The zero-order valence-electron chi connectivity index (χ0n) is 30.0. The fraction of sp³-hybridized carbons (Fsp3) is 0.658. The van der Waals surface area contributed by atoms with Gasteiger partial charge in [-0.25, -0.2) is 0 Å². The van der Waals surface area contributed by atoms with Gasteiger partial charge in [-0.05, 0) is 90.6 Å². The number of hydrogen-bond donors (Lipinski definition) is 2. The van der Waals surface area contributed by atoms with Crippen LogP contribution in [0.25, 0.3) is 0 Å². The summed E-state index contributed by atoms with van der Waals surface area (Å²) in [7, 11) is -2.98. The van der Waals surface area contributed by atoms with E-state index in [2.05, 4.69) is 32.9 Å². The standard InChI is InChI=1S/C38H57N3O6Si/c1-26(2)13-11-14-27(3)19-22-41-32-18-17-29(39-20-10-8-7-9-16-34(39)43)23-31(32)38(37(41)45)28(4)36(48(5,6)46)33(47-38)24-35(44)40-21-12-15-30(40)25-42/h13,17-19,23,28,30,33,36,42,46H,7-12,14-16,20-22,24-25H2,1-6H3/b27-19+/t28-,30+,33+,36-,38+/m1/s1. The van der Waals surface area contributed by atoms with Crippen LogP contribution in [-0.4, -0.2) is 79.2 Å². The highest BCUT2D eigenvalue weighted by molar-refractivity contribution is 6.71. The Balaban J connectivity index is 1.55. The number of allylic oxidation sites excluding steroid dienone is 3. The summed E-state index contributed by atoms with van der Waals surface area (Å²) < 4.78 is 6.98. The molecule has 0 aromatic heterocycles. The number of likely N-dealkylation sites (tertiary alicyclic amines) is 1. The minimum absolute atomic E-state index is 0.0422. The Morgan fingerprint density at radius 3 is 2.52 bits per heavy atom. The number of ether oxygens (including phenoxy) is 1. The maximum Gasteiger partial charge on any atom is 0.264 e. The van der Waals surface area contributed by atoms with Crippen LogP contribution in [0.3, 0.4) is 0 Å². The molecule has 10 heteroatoms. The van der Waals surface area contributed by atoms with E-state index in [1.165, 1.54) is 11.1 Å². The molecule has 0 saturated carbocycles. The molecule has 264 valence electrons. The first-order valence-corrected chi connectivity index (χ1v) is 21.2. The van der Waals surface area contributed by atoms with Crippen molar-refractivity contribution in [1.29, 1.82) is 0 Å². The summed E-state index contributed by atoms with van der Waals surface area (Å²) in [4.78, 5) is 59.1. The van der Waals surface area contributed by atoms with E-state index in [9.17, 15) is 24.3 Å². The fourth-order valence-electron chi connectivity index (χ4n) is 8.63. The van der Waals surface area contributed by atoms with Crippen LogP contribution in [0.4, 0.5) is 11.4 Å². The van der Waals surface area contributed by atoms with Crippen LogP contribution < -0.4 is 9.80 Å². The fourth-order valence-corrected chi connectivity index (χ4v) is 11.2. The highest BCUT2D eigenvalue weighted by Gasteiger charge is 2.66. The lowest BCUT2D eigenvalue weighted by Crippen LogP contribution is -2.46. The normalized spacial score (nSPS) is 28.2. The summed E-state index contributed by atoms with van der Waals surface area (Å²) in [5, 5.41) is 9.91. The van der Waals surface area contributed by atoms with Crippen LogP contribution in [0.1, 0.15) is 97.5 Å². The second kappa shape index (κ2) is 15.0. The number of fused-ring (bicyclic) bond motifs is 2. The van der Waals surface area contributed by atoms with Gasteiger partial charge in [0.25, 0.3) is 5.91 Å². The van der Waals surface area contributed by atoms with Gasteiger partial charge in [0, 0.05) is 48.8 Å². The molecule has 3 fully saturated rings. The Labute approximate surface area is 288 Å². The van der Waals surface area contributed by atoms with Gasteiger partial charge < -0.3 is 29.3 Å². The van der Waals surface area contributed by atoms with E-state index >= 15 is 0 Å². The second-order valence-corrected chi connectivity index (χ2v) is 19.3. The number of benzene rings is 1. The van der Waals surface area contributed by atoms with Crippen molar-refractivity contribution in [3.63, 3.8) is 0 Å². The molecule has 1 spiro atoms. The molecule has 4 heterocycles. The average Bonchev–Trinajstić information content (AvgIpc) is 3.67. The zero-order valence-corrected chi connectivity index (χ0v) is 31.0. The van der Waals surface area contributed by atoms with Gasteiger partial charge in [-0.2, -0.15) is 0 Å². The quantitative estimate of drug-likeness (QED) is 0.225. The predicted octanol–water partition coefficient (Wildman–Crippen LogP) is 6.19. The molecule has 0 unspecified atom stereocenters. The molecule has 0 bridgehead atoms. The monoisotopic (exact) mass is 679 g/mol. The molecular formula is C38H57N3O6Si. The van der Waals surface area contributed by atoms with Crippen molar-refractivity contribution < 1.29 is 29.0 Å². The van der Waals surface area contributed by atoms with Crippen LogP contribution in [0.5, 0.6) is 0 Å². The van der Waals surface area contributed by atoms with E-state index in [0.29, 0.717) is 26.1 Å². The lowest BCUT2D eigenvalue weighted by atomic mass is 9.82. The summed E-state index contributed by atoms with van der Waals surface area (Å²) in [5.74, 6) is -0.607. The Bertz CT molecular complexity index is 1430. The van der Waals surface area contributed by atoms with E-state index in [1.54, 1.807) is 9.80 Å². The van der Waals surface area contributed by atoms with Crippen molar-refractivity contribution in [3.8, 4) is 0 Å². The number of amides is 3. The highest BCUT2D eigenvalue weighted by Crippen LogP contribution is 2.60. The summed E-state index contributed by atoms with van der Waals surface area (Å²) in [6.45, 7) is 13.5. The van der Waals surface area contributed by atoms with Gasteiger partial charge in [0.15, 0.2) is 13.9 Å². The maximum absolute atomic E-state index is 14.9. The number of rotatable bonds is 10. The number of nitrogens with zero attached hydrogens (tertiary/aromatic N) is 3. The first-order valence-electron chi connectivity index (χ1n) is 18.2. The Kier molecular flexibility index (Phi) is 11.4. The first-order chi connectivity index (χ1) is 22.8. The van der Waals surface area contributed by atoms with Crippen LogP contribution in [0, 0.1) is 5.92 Å². The van der Waals surface area contributed by atoms with Gasteiger partial charge >= 0.3 is 0 Å². The minimum Gasteiger partial charge on any atom is -0.432 e. The molecule has 3 saturated heterocycles. The largest absolute Gasteiger partial charge is 0.432 e. The molecular weight excluding hydrogens is 623 g/mol. The van der Waals surface area contributed by atoms with Crippen LogP contribution in [-0.2, 0) is 24.7 Å². The Morgan fingerprint density at radius 2 is 1.81 bits per heavy atom. The molecule has 48 heavy (non-hydrogen) atoms. The van der Waals surface area contributed by atoms with Gasteiger partial charge in [-0.15, -0.1) is 0 Å². The molecule has 2 N–H and O–H groups in total. The van der Waals surface area contributed by atoms with E-state index in [0.717, 1.165) is 68.3 Å². The van der Waals surface area contributed by atoms with Gasteiger partial charge in [0.2, 0.25) is 11.8 Å².